The molecule has 1 amide bonds. The topological polar surface area (TPSA) is 52.3 Å². The summed E-state index contributed by atoms with van der Waals surface area (Å²) in [5.74, 6) is 0. The van der Waals surface area contributed by atoms with Gasteiger partial charge in [-0.25, -0.2) is 4.79 Å². The van der Waals surface area contributed by atoms with Crippen LogP contribution in [0.25, 0.3) is 0 Å². The number of rotatable bonds is 2. The molecule has 0 bridgehead atoms. The molecule has 8 heavy (non-hydrogen) atoms. The van der Waals surface area contributed by atoms with Crippen LogP contribution >= 0.6 is 0 Å². The summed E-state index contributed by atoms with van der Waals surface area (Å²) in [4.78, 5) is 9.97. The second kappa shape index (κ2) is 3.29. The number of carbonyl (C=O) groups is 1. The van der Waals surface area contributed by atoms with Crippen molar-refractivity contribution in [3.05, 3.63) is 0 Å². The van der Waals surface area contributed by atoms with Crippen molar-refractivity contribution < 1.29 is 9.53 Å². The van der Waals surface area contributed by atoms with Crippen LogP contribution in [-0.4, -0.2) is 12.2 Å². The van der Waals surface area contributed by atoms with Crippen molar-refractivity contribution in [2.24, 2.45) is 5.73 Å². The monoisotopic (exact) mass is 117 g/mol. The summed E-state index contributed by atoms with van der Waals surface area (Å²) in [7, 11) is 0. The summed E-state index contributed by atoms with van der Waals surface area (Å²) in [6, 6.07) is 0. The Balaban J connectivity index is 3.24. The first-order valence-electron chi connectivity index (χ1n) is 2.63. The molecule has 0 aliphatic heterocycles. The Hall–Kier alpha value is -0.730. The lowest BCUT2D eigenvalue weighted by molar-refractivity contribution is 0.114. The molecule has 0 fully saturated rings. The first-order chi connectivity index (χ1) is 3.66. The zero-order valence-corrected chi connectivity index (χ0v) is 5.18. The number of carbonyl (C=O) groups excluding carboxylic acids is 1. The number of ether oxygens (including phenoxy) is 1. The minimum Gasteiger partial charge on any atom is -0.447 e. The molecule has 0 spiro atoms. The van der Waals surface area contributed by atoms with Gasteiger partial charge in [-0.3, -0.25) is 0 Å². The Morgan fingerprint density at radius 2 is 2.38 bits per heavy atom. The van der Waals surface area contributed by atoms with Crippen molar-refractivity contribution in [1.82, 2.24) is 0 Å². The Bertz CT molecular complexity index is 82.5. The first kappa shape index (κ1) is 7.27. The zero-order valence-electron chi connectivity index (χ0n) is 5.18. The zero-order chi connectivity index (χ0) is 6.57. The van der Waals surface area contributed by atoms with Crippen molar-refractivity contribution in [3.63, 3.8) is 0 Å². The minimum atomic E-state index is -0.695. The van der Waals surface area contributed by atoms with E-state index < -0.39 is 6.09 Å². The number of amides is 1. The van der Waals surface area contributed by atoms with Crippen LogP contribution in [0.1, 0.15) is 20.3 Å². The predicted octanol–water partition coefficient (Wildman–Crippen LogP) is 0.880. The highest BCUT2D eigenvalue weighted by atomic mass is 16.6. The predicted molar refractivity (Wildman–Crippen MR) is 30.4 cm³/mol. The molecular formula is C5H11NO2. The molecule has 0 unspecified atom stereocenters. The van der Waals surface area contributed by atoms with Gasteiger partial charge in [0.25, 0.3) is 0 Å². The fraction of sp³-hybridized carbons (Fsp3) is 0.800. The Morgan fingerprint density at radius 1 is 1.88 bits per heavy atom. The van der Waals surface area contributed by atoms with Gasteiger partial charge >= 0.3 is 6.09 Å². The van der Waals surface area contributed by atoms with Crippen LogP contribution in [0.4, 0.5) is 4.79 Å². The maximum Gasteiger partial charge on any atom is 0.404 e. The highest BCUT2D eigenvalue weighted by Gasteiger charge is 1.99. The number of hydrogen-bond acceptors (Lipinski definition) is 2. The summed E-state index contributed by atoms with van der Waals surface area (Å²) < 4.78 is 4.54. The molecule has 0 aromatic heterocycles. The molecule has 0 aromatic rings. The van der Waals surface area contributed by atoms with Crippen LogP contribution in [0, 0.1) is 0 Å². The van der Waals surface area contributed by atoms with E-state index in [2.05, 4.69) is 4.74 Å². The van der Waals surface area contributed by atoms with Crippen molar-refractivity contribution >= 4 is 6.09 Å². The lowest BCUT2D eigenvalue weighted by atomic mass is 10.3. The van der Waals surface area contributed by atoms with Crippen molar-refractivity contribution in [2.45, 2.75) is 26.4 Å². The Morgan fingerprint density at radius 3 is 2.50 bits per heavy atom. The van der Waals surface area contributed by atoms with Gasteiger partial charge in [-0.15, -0.1) is 0 Å². The third-order valence-electron chi connectivity index (χ3n) is 0.892. The van der Waals surface area contributed by atoms with Crippen molar-refractivity contribution in [1.29, 1.82) is 0 Å². The molecule has 2 N–H and O–H groups in total. The van der Waals surface area contributed by atoms with Gasteiger partial charge in [-0.1, -0.05) is 6.92 Å². The lowest BCUT2D eigenvalue weighted by Gasteiger charge is -2.06. The van der Waals surface area contributed by atoms with E-state index in [9.17, 15) is 4.79 Å². The molecule has 48 valence electrons. The van der Waals surface area contributed by atoms with Gasteiger partial charge in [0.05, 0.1) is 0 Å². The van der Waals surface area contributed by atoms with Gasteiger partial charge < -0.3 is 10.5 Å². The Labute approximate surface area is 48.8 Å². The standard InChI is InChI=1S/C5H11NO2/c1-3-4(2)8-5(6)7/h4H,3H2,1-2H3,(H2,6,7)/t4-/m0/s1. The highest BCUT2D eigenvalue weighted by molar-refractivity contribution is 5.64. The van der Waals surface area contributed by atoms with Gasteiger partial charge in [0.2, 0.25) is 0 Å². The van der Waals surface area contributed by atoms with Crippen LogP contribution < -0.4 is 5.73 Å². The molecule has 0 rings (SSSR count). The van der Waals surface area contributed by atoms with Gasteiger partial charge in [-0.2, -0.15) is 0 Å². The van der Waals surface area contributed by atoms with Crippen LogP contribution in [-0.2, 0) is 4.74 Å². The van der Waals surface area contributed by atoms with Gasteiger partial charge in [0, 0.05) is 0 Å². The molecule has 0 radical (unpaired) electrons. The second-order valence-corrected chi connectivity index (χ2v) is 1.66. The molecule has 0 heterocycles. The Kier molecular flexibility index (Phi) is 2.99. The normalized spacial score (nSPS) is 12.8. The van der Waals surface area contributed by atoms with Crippen LogP contribution in [0.15, 0.2) is 0 Å². The maximum absolute atomic E-state index is 9.97. The smallest absolute Gasteiger partial charge is 0.404 e. The number of nitrogens with two attached hydrogens (primary N) is 1. The van der Waals surface area contributed by atoms with Crippen LogP contribution in [0.2, 0.25) is 0 Å². The lowest BCUT2D eigenvalue weighted by Crippen LogP contribution is -2.19. The molecule has 1 atom stereocenters. The fourth-order valence-electron chi connectivity index (χ4n) is 0.282. The van der Waals surface area contributed by atoms with E-state index in [-0.39, 0.29) is 6.10 Å². The van der Waals surface area contributed by atoms with E-state index in [4.69, 9.17) is 5.73 Å². The summed E-state index contributed by atoms with van der Waals surface area (Å²) in [5, 5.41) is 0. The molecular weight excluding hydrogens is 106 g/mol. The van der Waals surface area contributed by atoms with Crippen LogP contribution in [0.5, 0.6) is 0 Å². The highest BCUT2D eigenvalue weighted by Crippen LogP contribution is 1.93. The largest absolute Gasteiger partial charge is 0.447 e. The summed E-state index contributed by atoms with van der Waals surface area (Å²) in [5.41, 5.74) is 4.71. The summed E-state index contributed by atoms with van der Waals surface area (Å²) >= 11 is 0. The van der Waals surface area contributed by atoms with Gasteiger partial charge in [-0.05, 0) is 13.3 Å². The average molecular weight is 117 g/mol. The van der Waals surface area contributed by atoms with E-state index in [0.717, 1.165) is 6.42 Å². The van der Waals surface area contributed by atoms with E-state index in [0.29, 0.717) is 0 Å². The van der Waals surface area contributed by atoms with Crippen molar-refractivity contribution in [3.8, 4) is 0 Å². The average Bonchev–Trinajstić information content (AvgIpc) is 1.65. The number of primary amides is 1. The molecule has 0 saturated carbocycles. The van der Waals surface area contributed by atoms with E-state index in [1.807, 2.05) is 6.92 Å². The molecule has 3 heteroatoms. The molecule has 0 aliphatic rings. The van der Waals surface area contributed by atoms with E-state index in [1.54, 1.807) is 6.92 Å². The quantitative estimate of drug-likeness (QED) is 0.583. The van der Waals surface area contributed by atoms with E-state index in [1.165, 1.54) is 0 Å². The summed E-state index contributed by atoms with van der Waals surface area (Å²) in [6.45, 7) is 3.72. The molecule has 0 aromatic carbocycles. The van der Waals surface area contributed by atoms with Crippen LogP contribution in [0.3, 0.4) is 0 Å². The second-order valence-electron chi connectivity index (χ2n) is 1.66. The van der Waals surface area contributed by atoms with Gasteiger partial charge in [0.1, 0.15) is 6.10 Å². The minimum absolute atomic E-state index is 0.0486. The van der Waals surface area contributed by atoms with Gasteiger partial charge in [0.15, 0.2) is 0 Å². The fourth-order valence-corrected chi connectivity index (χ4v) is 0.282. The first-order valence-corrected chi connectivity index (χ1v) is 2.63. The third-order valence-corrected chi connectivity index (χ3v) is 0.892. The SMILES string of the molecule is CC[C@H](C)OC(N)=O. The molecule has 3 nitrogen and oxygen atoms in total. The number of hydrogen-bond donors (Lipinski definition) is 1. The van der Waals surface area contributed by atoms with Crippen molar-refractivity contribution in [2.75, 3.05) is 0 Å². The maximum atomic E-state index is 9.97. The molecule has 0 aliphatic carbocycles. The summed E-state index contributed by atoms with van der Waals surface area (Å²) in [6.07, 6.45) is 0.0648. The third kappa shape index (κ3) is 3.46. The molecule has 0 saturated heterocycles. The van der Waals surface area contributed by atoms with E-state index >= 15 is 0 Å².